The number of Topliss-reactive ketones (excluding diaryl/α,β-unsaturated/α-hetero) is 1. The molecule has 1 saturated carbocycles. The summed E-state index contributed by atoms with van der Waals surface area (Å²) in [5, 5.41) is 8.93. The molecule has 0 saturated heterocycles. The van der Waals surface area contributed by atoms with E-state index in [9.17, 15) is 9.59 Å². The summed E-state index contributed by atoms with van der Waals surface area (Å²) in [6.07, 6.45) is 4.59. The van der Waals surface area contributed by atoms with Crippen LogP contribution in [0.5, 0.6) is 0 Å². The van der Waals surface area contributed by atoms with E-state index in [1.54, 1.807) is 0 Å². The molecule has 1 rings (SSSR count). The highest BCUT2D eigenvalue weighted by Crippen LogP contribution is 2.47. The van der Waals surface area contributed by atoms with Gasteiger partial charge in [-0.05, 0) is 18.3 Å². The van der Waals surface area contributed by atoms with Gasteiger partial charge in [0.2, 0.25) is 0 Å². The Morgan fingerprint density at radius 2 is 1.87 bits per heavy atom. The molecular formula is C12H20O3. The largest absolute Gasteiger partial charge is 0.481 e. The van der Waals surface area contributed by atoms with E-state index in [0.717, 1.165) is 25.7 Å². The molecular weight excluding hydrogens is 192 g/mol. The minimum absolute atomic E-state index is 0.0962. The Bertz CT molecular complexity index is 252. The summed E-state index contributed by atoms with van der Waals surface area (Å²) in [7, 11) is 0. The predicted molar refractivity (Wildman–Crippen MR) is 57.6 cm³/mol. The second kappa shape index (κ2) is 4.77. The summed E-state index contributed by atoms with van der Waals surface area (Å²) in [5.41, 5.74) is -0.251. The molecule has 86 valence electrons. The number of hydrogen-bond donors (Lipinski definition) is 1. The molecule has 3 nitrogen and oxygen atoms in total. The number of carbonyl (C=O) groups excluding carboxylic acids is 1. The van der Waals surface area contributed by atoms with Gasteiger partial charge in [-0.15, -0.1) is 0 Å². The van der Waals surface area contributed by atoms with E-state index >= 15 is 0 Å². The Kier molecular flexibility index (Phi) is 3.89. The molecule has 0 amide bonds. The molecule has 0 bridgehead atoms. The second-order valence-corrected chi connectivity index (χ2v) is 4.68. The Hall–Kier alpha value is -0.860. The summed E-state index contributed by atoms with van der Waals surface area (Å²) < 4.78 is 0. The molecule has 3 heteroatoms. The maximum atomic E-state index is 11.7. The molecule has 0 spiro atoms. The van der Waals surface area contributed by atoms with Gasteiger partial charge in [0.05, 0.1) is 6.42 Å². The fourth-order valence-electron chi connectivity index (χ4n) is 2.79. The van der Waals surface area contributed by atoms with E-state index in [0.29, 0.717) is 6.42 Å². The van der Waals surface area contributed by atoms with Crippen LogP contribution in [-0.4, -0.2) is 16.9 Å². The zero-order valence-electron chi connectivity index (χ0n) is 9.58. The van der Waals surface area contributed by atoms with Gasteiger partial charge in [0.15, 0.2) is 0 Å². The third-order valence-corrected chi connectivity index (χ3v) is 3.85. The lowest BCUT2D eigenvalue weighted by atomic mass is 9.70. The van der Waals surface area contributed by atoms with Gasteiger partial charge in [-0.3, -0.25) is 9.59 Å². The average molecular weight is 212 g/mol. The van der Waals surface area contributed by atoms with E-state index in [1.165, 1.54) is 0 Å². The van der Waals surface area contributed by atoms with Crippen molar-refractivity contribution in [2.24, 2.45) is 11.3 Å². The summed E-state index contributed by atoms with van der Waals surface area (Å²) in [5.74, 6) is -0.660. The van der Waals surface area contributed by atoms with Gasteiger partial charge in [-0.25, -0.2) is 0 Å². The van der Waals surface area contributed by atoms with E-state index in [4.69, 9.17) is 5.11 Å². The van der Waals surface area contributed by atoms with Crippen LogP contribution < -0.4 is 0 Å². The summed E-state index contributed by atoms with van der Waals surface area (Å²) in [6, 6.07) is 0. The maximum Gasteiger partial charge on any atom is 0.303 e. The number of carbonyl (C=O) groups is 2. The van der Waals surface area contributed by atoms with Crippen LogP contribution in [0.25, 0.3) is 0 Å². The van der Waals surface area contributed by atoms with Gasteiger partial charge in [0.25, 0.3) is 0 Å². The highest BCUT2D eigenvalue weighted by Gasteiger charge is 2.43. The first-order valence-electron chi connectivity index (χ1n) is 5.76. The quantitative estimate of drug-likeness (QED) is 0.762. The van der Waals surface area contributed by atoms with E-state index in [1.807, 2.05) is 13.8 Å². The lowest BCUT2D eigenvalue weighted by Gasteiger charge is -2.33. The SMILES string of the molecule is CCC(=O)C(C)C1(CC(=O)O)CCCC1. The molecule has 1 atom stereocenters. The molecule has 1 aliphatic carbocycles. The third kappa shape index (κ3) is 2.58. The number of carboxylic acids is 1. The summed E-state index contributed by atoms with van der Waals surface area (Å²) >= 11 is 0. The predicted octanol–water partition coefficient (Wildman–Crippen LogP) is 2.64. The smallest absolute Gasteiger partial charge is 0.303 e. The van der Waals surface area contributed by atoms with E-state index in [2.05, 4.69) is 0 Å². The van der Waals surface area contributed by atoms with Crippen LogP contribution in [-0.2, 0) is 9.59 Å². The van der Waals surface area contributed by atoms with Gasteiger partial charge in [0, 0.05) is 12.3 Å². The average Bonchev–Trinajstić information content (AvgIpc) is 2.64. The Labute approximate surface area is 90.9 Å². The molecule has 1 fully saturated rings. The van der Waals surface area contributed by atoms with Crippen molar-refractivity contribution in [3.8, 4) is 0 Å². The number of carboxylic acid groups (broad SMARTS) is 1. The molecule has 15 heavy (non-hydrogen) atoms. The van der Waals surface area contributed by atoms with Crippen molar-refractivity contribution >= 4 is 11.8 Å². The third-order valence-electron chi connectivity index (χ3n) is 3.85. The van der Waals surface area contributed by atoms with Crippen molar-refractivity contribution in [2.75, 3.05) is 0 Å². The van der Waals surface area contributed by atoms with Crippen molar-refractivity contribution in [2.45, 2.75) is 52.4 Å². The number of rotatable bonds is 5. The first-order chi connectivity index (χ1) is 7.02. The zero-order valence-corrected chi connectivity index (χ0v) is 9.58. The van der Waals surface area contributed by atoms with Crippen LogP contribution >= 0.6 is 0 Å². The lowest BCUT2D eigenvalue weighted by molar-refractivity contribution is -0.141. The molecule has 0 aliphatic heterocycles. The van der Waals surface area contributed by atoms with Crippen molar-refractivity contribution in [1.82, 2.24) is 0 Å². The summed E-state index contributed by atoms with van der Waals surface area (Å²) in [6.45, 7) is 3.75. The molecule has 0 aromatic rings. The Balaban J connectivity index is 2.80. The van der Waals surface area contributed by atoms with Crippen LogP contribution in [0, 0.1) is 11.3 Å². The van der Waals surface area contributed by atoms with Crippen molar-refractivity contribution in [3.63, 3.8) is 0 Å². The normalized spacial score (nSPS) is 21.2. The first kappa shape index (κ1) is 12.2. The minimum atomic E-state index is -0.771. The van der Waals surface area contributed by atoms with Gasteiger partial charge in [-0.2, -0.15) is 0 Å². The molecule has 0 radical (unpaired) electrons. The van der Waals surface area contributed by atoms with Gasteiger partial charge in [-0.1, -0.05) is 26.7 Å². The van der Waals surface area contributed by atoms with E-state index < -0.39 is 5.97 Å². The van der Waals surface area contributed by atoms with Gasteiger partial charge >= 0.3 is 5.97 Å². The van der Waals surface area contributed by atoms with Crippen LogP contribution in [0.15, 0.2) is 0 Å². The summed E-state index contributed by atoms with van der Waals surface area (Å²) in [4.78, 5) is 22.6. The molecule has 0 aromatic carbocycles. The zero-order chi connectivity index (χ0) is 11.5. The van der Waals surface area contributed by atoms with Gasteiger partial charge < -0.3 is 5.11 Å². The molecule has 0 heterocycles. The Morgan fingerprint density at radius 1 is 1.33 bits per heavy atom. The standard InChI is InChI=1S/C12H20O3/c1-3-10(13)9(2)12(8-11(14)15)6-4-5-7-12/h9H,3-8H2,1-2H3,(H,14,15). The molecule has 1 N–H and O–H groups in total. The van der Waals surface area contributed by atoms with Crippen LogP contribution in [0.3, 0.4) is 0 Å². The minimum Gasteiger partial charge on any atom is -0.481 e. The van der Waals surface area contributed by atoms with E-state index in [-0.39, 0.29) is 23.5 Å². The number of hydrogen-bond acceptors (Lipinski definition) is 2. The van der Waals surface area contributed by atoms with Crippen LogP contribution in [0.4, 0.5) is 0 Å². The maximum absolute atomic E-state index is 11.7. The fourth-order valence-corrected chi connectivity index (χ4v) is 2.79. The highest BCUT2D eigenvalue weighted by molar-refractivity contribution is 5.82. The topological polar surface area (TPSA) is 54.4 Å². The highest BCUT2D eigenvalue weighted by atomic mass is 16.4. The van der Waals surface area contributed by atoms with Crippen molar-refractivity contribution in [3.05, 3.63) is 0 Å². The van der Waals surface area contributed by atoms with Crippen molar-refractivity contribution < 1.29 is 14.7 Å². The number of ketones is 1. The molecule has 0 aromatic heterocycles. The van der Waals surface area contributed by atoms with Crippen molar-refractivity contribution in [1.29, 1.82) is 0 Å². The molecule has 1 aliphatic rings. The number of aliphatic carboxylic acids is 1. The monoisotopic (exact) mass is 212 g/mol. The van der Waals surface area contributed by atoms with Crippen LogP contribution in [0.2, 0.25) is 0 Å². The Morgan fingerprint density at radius 3 is 2.27 bits per heavy atom. The molecule has 1 unspecified atom stereocenters. The fraction of sp³-hybridized carbons (Fsp3) is 0.833. The lowest BCUT2D eigenvalue weighted by Crippen LogP contribution is -2.33. The second-order valence-electron chi connectivity index (χ2n) is 4.68. The first-order valence-corrected chi connectivity index (χ1v) is 5.76. The van der Waals surface area contributed by atoms with Gasteiger partial charge in [0.1, 0.15) is 5.78 Å². The van der Waals surface area contributed by atoms with Crippen LogP contribution in [0.1, 0.15) is 52.4 Å².